The molecule has 1 atom stereocenters. The maximum Gasteiger partial charge on any atom is 0.254 e. The Morgan fingerprint density at radius 2 is 1.84 bits per heavy atom. The predicted molar refractivity (Wildman–Crippen MR) is 125 cm³/mol. The largest absolute Gasteiger partial charge is 0.490 e. The van der Waals surface area contributed by atoms with Crippen LogP contribution >= 0.6 is 0 Å². The topological polar surface area (TPSA) is 67.9 Å². The van der Waals surface area contributed by atoms with E-state index in [0.29, 0.717) is 31.6 Å². The summed E-state index contributed by atoms with van der Waals surface area (Å²) >= 11 is 0. The predicted octanol–water partition coefficient (Wildman–Crippen LogP) is 4.74. The molecule has 6 heteroatoms. The zero-order valence-electron chi connectivity index (χ0n) is 19.0. The Balaban J connectivity index is 1.34. The van der Waals surface area contributed by atoms with Crippen LogP contribution in [0.2, 0.25) is 0 Å². The van der Waals surface area contributed by atoms with E-state index >= 15 is 0 Å². The van der Waals surface area contributed by atoms with Gasteiger partial charge in [0.1, 0.15) is 0 Å². The number of nitrogens with zero attached hydrogens (tertiary/aromatic N) is 1. The summed E-state index contributed by atoms with van der Waals surface area (Å²) in [5, 5.41) is 2.99. The molecule has 2 amide bonds. The monoisotopic (exact) mass is 436 g/mol. The Morgan fingerprint density at radius 1 is 1.03 bits per heavy atom. The number of hydrogen-bond acceptors (Lipinski definition) is 4. The summed E-state index contributed by atoms with van der Waals surface area (Å²) in [5.74, 6) is 1.54. The number of aryl methyl sites for hydroxylation is 2. The van der Waals surface area contributed by atoms with Gasteiger partial charge in [-0.05, 0) is 81.0 Å². The van der Waals surface area contributed by atoms with Crippen LogP contribution in [0.15, 0.2) is 36.4 Å². The van der Waals surface area contributed by atoms with Crippen LogP contribution in [0.5, 0.6) is 11.5 Å². The van der Waals surface area contributed by atoms with Gasteiger partial charge in [0.05, 0.1) is 13.2 Å². The SMILES string of the molecule is Cc1cc(C(=O)N2CCCCC2C)ccc1NC(=O)CCc1ccc2c(c1)OCCCO2. The maximum atomic E-state index is 12.9. The first kappa shape index (κ1) is 22.2. The summed E-state index contributed by atoms with van der Waals surface area (Å²) in [5.41, 5.74) is 3.36. The van der Waals surface area contributed by atoms with Gasteiger partial charge in [0.25, 0.3) is 5.91 Å². The van der Waals surface area contributed by atoms with E-state index in [1.54, 1.807) is 0 Å². The van der Waals surface area contributed by atoms with E-state index in [-0.39, 0.29) is 17.9 Å². The lowest BCUT2D eigenvalue weighted by atomic mass is 10.0. The molecule has 0 aliphatic carbocycles. The first-order valence-corrected chi connectivity index (χ1v) is 11.6. The fraction of sp³-hybridized carbons (Fsp3) is 0.462. The van der Waals surface area contributed by atoms with Gasteiger partial charge in [-0.3, -0.25) is 9.59 Å². The van der Waals surface area contributed by atoms with Crippen LogP contribution < -0.4 is 14.8 Å². The van der Waals surface area contributed by atoms with Crippen molar-refractivity contribution in [2.45, 2.75) is 58.4 Å². The van der Waals surface area contributed by atoms with Crippen molar-refractivity contribution < 1.29 is 19.1 Å². The molecule has 1 N–H and O–H groups in total. The number of benzene rings is 2. The third kappa shape index (κ3) is 5.23. The van der Waals surface area contributed by atoms with Crippen molar-refractivity contribution in [2.24, 2.45) is 0 Å². The van der Waals surface area contributed by atoms with Gasteiger partial charge in [0.15, 0.2) is 11.5 Å². The van der Waals surface area contributed by atoms with Crippen LogP contribution in [0.25, 0.3) is 0 Å². The zero-order valence-corrected chi connectivity index (χ0v) is 19.0. The minimum Gasteiger partial charge on any atom is -0.490 e. The van der Waals surface area contributed by atoms with Crippen LogP contribution in [0.4, 0.5) is 5.69 Å². The Hall–Kier alpha value is -3.02. The number of ether oxygens (including phenoxy) is 2. The molecule has 2 aliphatic rings. The Kier molecular flexibility index (Phi) is 6.98. The molecular formula is C26H32N2O4. The second kappa shape index (κ2) is 10.1. The van der Waals surface area contributed by atoms with Gasteiger partial charge in [-0.1, -0.05) is 6.07 Å². The fourth-order valence-corrected chi connectivity index (χ4v) is 4.34. The molecule has 0 saturated carbocycles. The second-order valence-corrected chi connectivity index (χ2v) is 8.75. The van der Waals surface area contributed by atoms with Crippen molar-refractivity contribution in [1.29, 1.82) is 0 Å². The summed E-state index contributed by atoms with van der Waals surface area (Å²) in [7, 11) is 0. The number of fused-ring (bicyclic) bond motifs is 1. The van der Waals surface area contributed by atoms with E-state index in [0.717, 1.165) is 54.1 Å². The van der Waals surface area contributed by atoms with E-state index < -0.39 is 0 Å². The van der Waals surface area contributed by atoms with E-state index in [2.05, 4.69) is 12.2 Å². The van der Waals surface area contributed by atoms with Crippen LogP contribution in [0.3, 0.4) is 0 Å². The summed E-state index contributed by atoms with van der Waals surface area (Å²) in [6, 6.07) is 11.7. The summed E-state index contributed by atoms with van der Waals surface area (Å²) in [6.45, 7) is 6.16. The molecule has 1 saturated heterocycles. The number of amides is 2. The van der Waals surface area contributed by atoms with Crippen LogP contribution in [0.1, 0.15) is 60.5 Å². The van der Waals surface area contributed by atoms with Crippen molar-refractivity contribution in [3.63, 3.8) is 0 Å². The number of likely N-dealkylation sites (tertiary alicyclic amines) is 1. The van der Waals surface area contributed by atoms with Gasteiger partial charge in [0, 0.05) is 36.7 Å². The van der Waals surface area contributed by atoms with Crippen molar-refractivity contribution >= 4 is 17.5 Å². The lowest BCUT2D eigenvalue weighted by Crippen LogP contribution is -2.42. The number of hydrogen-bond donors (Lipinski definition) is 1. The van der Waals surface area contributed by atoms with Crippen LogP contribution in [0, 0.1) is 6.92 Å². The fourth-order valence-electron chi connectivity index (χ4n) is 4.34. The van der Waals surface area contributed by atoms with Gasteiger partial charge in [0.2, 0.25) is 5.91 Å². The smallest absolute Gasteiger partial charge is 0.254 e. The molecule has 32 heavy (non-hydrogen) atoms. The van der Waals surface area contributed by atoms with Crippen molar-refractivity contribution in [3.8, 4) is 11.5 Å². The van der Waals surface area contributed by atoms with Crippen molar-refractivity contribution in [3.05, 3.63) is 53.1 Å². The van der Waals surface area contributed by atoms with Crippen molar-refractivity contribution in [2.75, 3.05) is 25.1 Å². The molecule has 1 fully saturated rings. The molecule has 0 radical (unpaired) electrons. The molecule has 1 unspecified atom stereocenters. The summed E-state index contributed by atoms with van der Waals surface area (Å²) < 4.78 is 11.4. The Bertz CT molecular complexity index is 988. The van der Waals surface area contributed by atoms with Gasteiger partial charge in [-0.2, -0.15) is 0 Å². The number of nitrogens with one attached hydrogen (secondary N) is 1. The van der Waals surface area contributed by atoms with E-state index in [4.69, 9.17) is 9.47 Å². The first-order chi connectivity index (χ1) is 15.5. The van der Waals surface area contributed by atoms with E-state index in [1.807, 2.05) is 48.2 Å². The van der Waals surface area contributed by atoms with Gasteiger partial charge in [-0.25, -0.2) is 0 Å². The number of carbonyl (C=O) groups is 2. The van der Waals surface area contributed by atoms with Crippen molar-refractivity contribution in [1.82, 2.24) is 4.90 Å². The molecular weight excluding hydrogens is 404 g/mol. The summed E-state index contributed by atoms with van der Waals surface area (Å²) in [6.07, 6.45) is 5.15. The molecule has 2 aliphatic heterocycles. The minimum atomic E-state index is -0.0519. The molecule has 0 aromatic heterocycles. The maximum absolute atomic E-state index is 12.9. The van der Waals surface area contributed by atoms with Gasteiger partial charge < -0.3 is 19.7 Å². The van der Waals surface area contributed by atoms with Crippen LogP contribution in [-0.4, -0.2) is 42.5 Å². The number of rotatable bonds is 5. The highest BCUT2D eigenvalue weighted by atomic mass is 16.5. The molecule has 2 aromatic carbocycles. The van der Waals surface area contributed by atoms with E-state index in [9.17, 15) is 9.59 Å². The minimum absolute atomic E-state index is 0.0519. The number of anilines is 1. The zero-order chi connectivity index (χ0) is 22.5. The lowest BCUT2D eigenvalue weighted by Gasteiger charge is -2.33. The molecule has 2 heterocycles. The molecule has 0 spiro atoms. The van der Waals surface area contributed by atoms with Crippen LogP contribution in [-0.2, 0) is 11.2 Å². The molecule has 4 rings (SSSR count). The third-order valence-electron chi connectivity index (χ3n) is 6.26. The molecule has 0 bridgehead atoms. The molecule has 2 aromatic rings. The second-order valence-electron chi connectivity index (χ2n) is 8.75. The average Bonchev–Trinajstić information content (AvgIpc) is 3.04. The summed E-state index contributed by atoms with van der Waals surface area (Å²) in [4.78, 5) is 27.4. The quantitative estimate of drug-likeness (QED) is 0.735. The van der Waals surface area contributed by atoms with Gasteiger partial charge >= 0.3 is 0 Å². The Labute approximate surface area is 189 Å². The number of carbonyl (C=O) groups excluding carboxylic acids is 2. The highest BCUT2D eigenvalue weighted by Gasteiger charge is 2.24. The Morgan fingerprint density at radius 3 is 2.62 bits per heavy atom. The lowest BCUT2D eigenvalue weighted by molar-refractivity contribution is -0.116. The van der Waals surface area contributed by atoms with Gasteiger partial charge in [-0.15, -0.1) is 0 Å². The highest BCUT2D eigenvalue weighted by Crippen LogP contribution is 2.31. The number of piperidine rings is 1. The molecule has 170 valence electrons. The molecule has 6 nitrogen and oxygen atoms in total. The normalized spacial score (nSPS) is 18.1. The standard InChI is InChI=1S/C26H32N2O4/c1-18-16-21(26(30)28-13-4-3-6-19(28)2)9-10-22(18)27-25(29)12-8-20-7-11-23-24(17-20)32-15-5-14-31-23/h7,9-11,16-17,19H,3-6,8,12-15H2,1-2H3,(H,27,29). The first-order valence-electron chi connectivity index (χ1n) is 11.6. The van der Waals surface area contributed by atoms with E-state index in [1.165, 1.54) is 6.42 Å². The average molecular weight is 437 g/mol. The third-order valence-corrected chi connectivity index (χ3v) is 6.26. The highest BCUT2D eigenvalue weighted by molar-refractivity contribution is 5.96.